The van der Waals surface area contributed by atoms with Gasteiger partial charge in [0.25, 0.3) is 5.91 Å². The van der Waals surface area contributed by atoms with Crippen LogP contribution in [0.1, 0.15) is 5.76 Å². The van der Waals surface area contributed by atoms with E-state index in [4.69, 9.17) is 4.42 Å². The highest BCUT2D eigenvalue weighted by atomic mass is 32.2. The smallest absolute Gasteiger partial charge is 0.285 e. The van der Waals surface area contributed by atoms with Crippen molar-refractivity contribution in [3.8, 4) is 0 Å². The first-order valence-electron chi connectivity index (χ1n) is 3.89. The number of carbonyl (C=O) groups is 1. The van der Waals surface area contributed by atoms with Gasteiger partial charge in [-0.1, -0.05) is 11.8 Å². The van der Waals surface area contributed by atoms with E-state index in [0.717, 1.165) is 4.38 Å². The summed E-state index contributed by atoms with van der Waals surface area (Å²) in [5.74, 6) is 0.495. The van der Waals surface area contributed by atoms with Gasteiger partial charge in [0.05, 0.1) is 11.2 Å². The molecule has 2 rings (SSSR count). The minimum absolute atomic E-state index is 0.184. The molecule has 0 saturated carbocycles. The van der Waals surface area contributed by atoms with E-state index >= 15 is 0 Å². The minimum atomic E-state index is -0.184. The third-order valence-corrected chi connectivity index (χ3v) is 3.56. The lowest BCUT2D eigenvalue weighted by atomic mass is 10.4. The van der Waals surface area contributed by atoms with Gasteiger partial charge in [0.1, 0.15) is 10.1 Å². The summed E-state index contributed by atoms with van der Waals surface area (Å²) in [5.41, 5.74) is 0. The van der Waals surface area contributed by atoms with E-state index < -0.39 is 0 Å². The summed E-state index contributed by atoms with van der Waals surface area (Å²) < 4.78 is 5.90. The van der Waals surface area contributed by atoms with Crippen molar-refractivity contribution in [3.05, 3.63) is 29.1 Å². The molecule has 1 aliphatic rings. The molecule has 0 spiro atoms. The zero-order valence-corrected chi connectivity index (χ0v) is 9.02. The summed E-state index contributed by atoms with van der Waals surface area (Å²) in [7, 11) is 0. The zero-order valence-electron chi connectivity index (χ0n) is 7.39. The second-order valence-electron chi connectivity index (χ2n) is 2.51. The SMILES string of the molecule is CSC1=NC(=O)C(=Cc2ccco2)S1. The maximum Gasteiger partial charge on any atom is 0.285 e. The molecule has 0 saturated heterocycles. The lowest BCUT2D eigenvalue weighted by Crippen LogP contribution is -1.86. The van der Waals surface area contributed by atoms with Crippen LogP contribution in [0.3, 0.4) is 0 Å². The van der Waals surface area contributed by atoms with Crippen LogP contribution < -0.4 is 0 Å². The molecule has 0 bridgehead atoms. The Morgan fingerprint density at radius 1 is 1.64 bits per heavy atom. The largest absolute Gasteiger partial charge is 0.465 e. The molecule has 0 fully saturated rings. The second-order valence-corrected chi connectivity index (χ2v) is 4.60. The van der Waals surface area contributed by atoms with Gasteiger partial charge in [-0.25, -0.2) is 0 Å². The number of nitrogens with zero attached hydrogens (tertiary/aromatic N) is 1. The van der Waals surface area contributed by atoms with Gasteiger partial charge in [0.15, 0.2) is 0 Å². The summed E-state index contributed by atoms with van der Waals surface area (Å²) in [6.45, 7) is 0. The number of carbonyl (C=O) groups excluding carboxylic acids is 1. The van der Waals surface area contributed by atoms with E-state index in [0.29, 0.717) is 10.7 Å². The van der Waals surface area contributed by atoms with E-state index in [2.05, 4.69) is 4.99 Å². The third-order valence-electron chi connectivity index (χ3n) is 1.59. The maximum absolute atomic E-state index is 11.3. The molecule has 1 aromatic heterocycles. The molecule has 0 unspecified atom stereocenters. The highest BCUT2D eigenvalue weighted by molar-refractivity contribution is 8.40. The van der Waals surface area contributed by atoms with E-state index in [9.17, 15) is 4.79 Å². The van der Waals surface area contributed by atoms with Crippen molar-refractivity contribution < 1.29 is 9.21 Å². The van der Waals surface area contributed by atoms with Gasteiger partial charge in [0, 0.05) is 6.08 Å². The predicted molar refractivity (Wildman–Crippen MR) is 60.2 cm³/mol. The average Bonchev–Trinajstić information content (AvgIpc) is 2.78. The number of hydrogen-bond acceptors (Lipinski definition) is 4. The van der Waals surface area contributed by atoms with Crippen molar-refractivity contribution in [2.75, 3.05) is 6.26 Å². The summed E-state index contributed by atoms with van der Waals surface area (Å²) in [6, 6.07) is 3.59. The first-order valence-corrected chi connectivity index (χ1v) is 5.94. The molecule has 0 N–H and O–H groups in total. The quantitative estimate of drug-likeness (QED) is 0.689. The molecule has 1 amide bonds. The van der Waals surface area contributed by atoms with Gasteiger partial charge in [-0.15, -0.1) is 11.8 Å². The monoisotopic (exact) mass is 225 g/mol. The minimum Gasteiger partial charge on any atom is -0.465 e. The van der Waals surface area contributed by atoms with E-state index in [1.807, 2.05) is 6.26 Å². The van der Waals surface area contributed by atoms with Crippen molar-refractivity contribution in [1.82, 2.24) is 0 Å². The Morgan fingerprint density at radius 2 is 2.50 bits per heavy atom. The molecule has 14 heavy (non-hydrogen) atoms. The molecule has 2 heterocycles. The van der Waals surface area contributed by atoms with Gasteiger partial charge in [-0.3, -0.25) is 4.79 Å². The Hall–Kier alpha value is -0.940. The molecule has 5 heteroatoms. The molecular formula is C9H7NO2S2. The lowest BCUT2D eigenvalue weighted by Gasteiger charge is -1.91. The van der Waals surface area contributed by atoms with Crippen LogP contribution in [-0.2, 0) is 4.79 Å². The second kappa shape index (κ2) is 4.06. The van der Waals surface area contributed by atoms with Crippen molar-refractivity contribution >= 4 is 39.9 Å². The molecule has 72 valence electrons. The van der Waals surface area contributed by atoms with Crippen LogP contribution in [-0.4, -0.2) is 16.5 Å². The Balaban J connectivity index is 2.20. The fourth-order valence-corrected chi connectivity index (χ4v) is 2.38. The Bertz CT molecular complexity index is 406. The molecule has 0 aliphatic carbocycles. The van der Waals surface area contributed by atoms with Crippen LogP contribution >= 0.6 is 23.5 Å². The molecule has 0 aromatic carbocycles. The summed E-state index contributed by atoms with van der Waals surface area (Å²) in [4.78, 5) is 15.8. The number of thioether (sulfide) groups is 2. The topological polar surface area (TPSA) is 42.6 Å². The highest BCUT2D eigenvalue weighted by Crippen LogP contribution is 2.32. The Labute approximate surface area is 89.7 Å². The Kier molecular flexibility index (Phi) is 2.79. The molecule has 0 radical (unpaired) electrons. The van der Waals surface area contributed by atoms with Crippen LogP contribution in [0.4, 0.5) is 0 Å². The number of amides is 1. The van der Waals surface area contributed by atoms with E-state index in [1.54, 1.807) is 24.5 Å². The van der Waals surface area contributed by atoms with Gasteiger partial charge >= 0.3 is 0 Å². The number of hydrogen-bond donors (Lipinski definition) is 0. The van der Waals surface area contributed by atoms with Crippen molar-refractivity contribution in [3.63, 3.8) is 0 Å². The van der Waals surface area contributed by atoms with Crippen LogP contribution in [0.2, 0.25) is 0 Å². The number of aliphatic imine (C=N–C) groups is 1. The van der Waals surface area contributed by atoms with Gasteiger partial charge in [-0.05, 0) is 18.4 Å². The van der Waals surface area contributed by atoms with E-state index in [1.165, 1.54) is 23.5 Å². The molecule has 1 aromatic rings. The fraction of sp³-hybridized carbons (Fsp3) is 0.111. The van der Waals surface area contributed by atoms with Crippen molar-refractivity contribution in [2.45, 2.75) is 0 Å². The number of furan rings is 1. The summed E-state index contributed by atoms with van der Waals surface area (Å²) in [6.07, 6.45) is 5.18. The molecular weight excluding hydrogens is 218 g/mol. The third kappa shape index (κ3) is 1.93. The van der Waals surface area contributed by atoms with E-state index in [-0.39, 0.29) is 5.91 Å². The maximum atomic E-state index is 11.3. The van der Waals surface area contributed by atoms with Gasteiger partial charge in [-0.2, -0.15) is 4.99 Å². The van der Waals surface area contributed by atoms with Gasteiger partial charge < -0.3 is 4.42 Å². The van der Waals surface area contributed by atoms with Crippen LogP contribution in [0.5, 0.6) is 0 Å². The van der Waals surface area contributed by atoms with Gasteiger partial charge in [0.2, 0.25) is 0 Å². The van der Waals surface area contributed by atoms with Crippen molar-refractivity contribution in [2.24, 2.45) is 4.99 Å². The standard InChI is InChI=1S/C9H7NO2S2/c1-13-9-10-8(11)7(14-9)5-6-3-2-4-12-6/h2-5H,1H3. The number of rotatable bonds is 1. The molecule has 0 atom stereocenters. The predicted octanol–water partition coefficient (Wildman–Crippen LogP) is 2.61. The highest BCUT2D eigenvalue weighted by Gasteiger charge is 2.21. The average molecular weight is 225 g/mol. The van der Waals surface area contributed by atoms with Crippen LogP contribution in [0, 0.1) is 0 Å². The summed E-state index contributed by atoms with van der Waals surface area (Å²) in [5, 5.41) is 0. The molecule has 3 nitrogen and oxygen atoms in total. The first-order chi connectivity index (χ1) is 6.79. The zero-order chi connectivity index (χ0) is 9.97. The van der Waals surface area contributed by atoms with Crippen molar-refractivity contribution in [1.29, 1.82) is 0 Å². The van der Waals surface area contributed by atoms with Crippen LogP contribution in [0.15, 0.2) is 32.7 Å². The first kappa shape index (κ1) is 9.61. The molecule has 1 aliphatic heterocycles. The van der Waals surface area contributed by atoms with Crippen LogP contribution in [0.25, 0.3) is 6.08 Å². The summed E-state index contributed by atoms with van der Waals surface area (Å²) >= 11 is 2.85. The normalized spacial score (nSPS) is 19.1. The Morgan fingerprint density at radius 3 is 3.07 bits per heavy atom. The lowest BCUT2D eigenvalue weighted by molar-refractivity contribution is -0.113. The fourth-order valence-electron chi connectivity index (χ4n) is 0.980.